The van der Waals surface area contributed by atoms with Crippen molar-refractivity contribution in [1.29, 1.82) is 0 Å². The van der Waals surface area contributed by atoms with E-state index in [0.29, 0.717) is 34.8 Å². The number of phenols is 1. The molecule has 140 valence electrons. The van der Waals surface area contributed by atoms with Crippen molar-refractivity contribution in [3.05, 3.63) is 72.3 Å². The number of phenolic OH excluding ortho intramolecular Hbond substituents is 1. The summed E-state index contributed by atoms with van der Waals surface area (Å²) in [6.07, 6.45) is 4.69. The second kappa shape index (κ2) is 7.75. The molecule has 0 fully saturated rings. The van der Waals surface area contributed by atoms with Crippen LogP contribution in [0.25, 0.3) is 11.2 Å². The Morgan fingerprint density at radius 3 is 2.79 bits per heavy atom. The molecule has 2 N–H and O–H groups in total. The molecule has 4 aromatic rings. The van der Waals surface area contributed by atoms with Gasteiger partial charge in [0.1, 0.15) is 6.33 Å². The Morgan fingerprint density at radius 2 is 1.96 bits per heavy atom. The molecule has 0 aliphatic heterocycles. The summed E-state index contributed by atoms with van der Waals surface area (Å²) in [5, 5.41) is 14.3. The van der Waals surface area contributed by atoms with Crippen LogP contribution in [0, 0.1) is 0 Å². The molecule has 8 nitrogen and oxygen atoms in total. The van der Waals surface area contributed by atoms with E-state index in [-0.39, 0.29) is 5.75 Å². The van der Waals surface area contributed by atoms with Crippen LogP contribution in [0.1, 0.15) is 11.1 Å². The zero-order valence-electron chi connectivity index (χ0n) is 15.1. The number of hydrogen-bond donors (Lipinski definition) is 2. The van der Waals surface area contributed by atoms with Crippen LogP contribution in [0.4, 0.5) is 5.82 Å². The lowest BCUT2D eigenvalue weighted by Crippen LogP contribution is -2.01. The summed E-state index contributed by atoms with van der Waals surface area (Å²) in [7, 11) is 1.50. The third-order valence-electron chi connectivity index (χ3n) is 4.22. The van der Waals surface area contributed by atoms with Crippen LogP contribution < -0.4 is 10.2 Å². The maximum absolute atomic E-state index is 10.1. The predicted octanol–water partition coefficient (Wildman–Crippen LogP) is 3.03. The van der Waals surface area contributed by atoms with Gasteiger partial charge in [-0.2, -0.15) is 5.10 Å². The normalized spacial score (nSPS) is 11.2. The molecule has 0 amide bonds. The highest BCUT2D eigenvalue weighted by atomic mass is 16.5. The first kappa shape index (κ1) is 17.5. The fourth-order valence-electron chi connectivity index (χ4n) is 2.83. The molecule has 4 rings (SSSR count). The van der Waals surface area contributed by atoms with E-state index in [4.69, 9.17) is 4.74 Å². The topological polar surface area (TPSA) is 97.5 Å². The fraction of sp³-hybridized carbons (Fsp3) is 0.100. The van der Waals surface area contributed by atoms with Crippen LogP contribution >= 0.6 is 0 Å². The maximum Gasteiger partial charge on any atom is 0.177 e. The molecule has 0 aliphatic carbocycles. The summed E-state index contributed by atoms with van der Waals surface area (Å²) in [4.78, 5) is 13.0. The lowest BCUT2D eigenvalue weighted by Gasteiger charge is -2.05. The van der Waals surface area contributed by atoms with Gasteiger partial charge in [-0.25, -0.2) is 15.0 Å². The van der Waals surface area contributed by atoms with Crippen LogP contribution in [0.2, 0.25) is 0 Å². The van der Waals surface area contributed by atoms with E-state index >= 15 is 0 Å². The van der Waals surface area contributed by atoms with Crippen LogP contribution in [0.15, 0.2) is 66.3 Å². The minimum Gasteiger partial charge on any atom is -0.504 e. The minimum atomic E-state index is 0.0236. The number of nitrogens with zero attached hydrogens (tertiary/aromatic N) is 5. The van der Waals surface area contributed by atoms with E-state index in [1.165, 1.54) is 19.7 Å². The van der Waals surface area contributed by atoms with E-state index in [1.807, 2.05) is 22.8 Å². The van der Waals surface area contributed by atoms with Gasteiger partial charge in [0, 0.05) is 5.56 Å². The van der Waals surface area contributed by atoms with Gasteiger partial charge in [-0.15, -0.1) is 0 Å². The van der Waals surface area contributed by atoms with Crippen LogP contribution in [0.3, 0.4) is 0 Å². The number of hydrogen-bond acceptors (Lipinski definition) is 7. The highest BCUT2D eigenvalue weighted by molar-refractivity contribution is 5.87. The average Bonchev–Trinajstić information content (AvgIpc) is 3.14. The van der Waals surface area contributed by atoms with E-state index in [9.17, 15) is 5.11 Å². The molecular weight excluding hydrogens is 356 g/mol. The summed E-state index contributed by atoms with van der Waals surface area (Å²) in [6, 6.07) is 15.3. The Kier molecular flexibility index (Phi) is 4.83. The van der Waals surface area contributed by atoms with Crippen molar-refractivity contribution in [2.75, 3.05) is 12.5 Å². The standard InChI is InChI=1S/C20H18N6O2/c1-28-16-9-5-8-15(18(16)27)10-24-25-19-17-20(22-12-21-19)26(13-23-17)11-14-6-3-2-4-7-14/h2-10,12-13,27H,11H2,1H3,(H,21,22,25)/b24-10+. The first-order chi connectivity index (χ1) is 13.8. The molecule has 8 heteroatoms. The second-order valence-electron chi connectivity index (χ2n) is 6.02. The Morgan fingerprint density at radius 1 is 1.11 bits per heavy atom. The maximum atomic E-state index is 10.1. The fourth-order valence-corrected chi connectivity index (χ4v) is 2.83. The lowest BCUT2D eigenvalue weighted by atomic mass is 10.2. The Balaban J connectivity index is 1.57. The number of fused-ring (bicyclic) bond motifs is 1. The van der Waals surface area contributed by atoms with Gasteiger partial charge >= 0.3 is 0 Å². The number of para-hydroxylation sites is 1. The first-order valence-electron chi connectivity index (χ1n) is 8.61. The zero-order valence-corrected chi connectivity index (χ0v) is 15.1. The summed E-state index contributed by atoms with van der Waals surface area (Å²) in [5.74, 6) is 0.888. The van der Waals surface area contributed by atoms with Crippen molar-refractivity contribution in [3.8, 4) is 11.5 Å². The molecule has 28 heavy (non-hydrogen) atoms. The minimum absolute atomic E-state index is 0.0236. The number of methoxy groups -OCH3 is 1. The largest absolute Gasteiger partial charge is 0.504 e. The van der Waals surface area contributed by atoms with Gasteiger partial charge in [0.05, 0.1) is 26.2 Å². The number of rotatable bonds is 6. The monoisotopic (exact) mass is 374 g/mol. The summed E-state index contributed by atoms with van der Waals surface area (Å²) in [6.45, 7) is 0.661. The summed E-state index contributed by atoms with van der Waals surface area (Å²) < 4.78 is 7.05. The number of ether oxygens (including phenoxy) is 1. The number of anilines is 1. The molecule has 0 saturated carbocycles. The Labute approximate surface area is 161 Å². The Hall–Kier alpha value is -3.94. The highest BCUT2D eigenvalue weighted by Gasteiger charge is 2.10. The van der Waals surface area contributed by atoms with Crippen LogP contribution in [-0.4, -0.2) is 37.9 Å². The first-order valence-corrected chi connectivity index (χ1v) is 8.61. The highest BCUT2D eigenvalue weighted by Crippen LogP contribution is 2.28. The van der Waals surface area contributed by atoms with Gasteiger partial charge in [0.15, 0.2) is 28.5 Å². The van der Waals surface area contributed by atoms with Crippen molar-refractivity contribution in [3.63, 3.8) is 0 Å². The van der Waals surface area contributed by atoms with Crippen molar-refractivity contribution >= 4 is 23.2 Å². The van der Waals surface area contributed by atoms with Gasteiger partial charge in [-0.1, -0.05) is 36.4 Å². The quantitative estimate of drug-likeness (QED) is 0.398. The number of aromatic nitrogens is 4. The summed E-state index contributed by atoms with van der Waals surface area (Å²) >= 11 is 0. The smallest absolute Gasteiger partial charge is 0.177 e. The predicted molar refractivity (Wildman–Crippen MR) is 107 cm³/mol. The van der Waals surface area contributed by atoms with Gasteiger partial charge < -0.3 is 14.4 Å². The average molecular weight is 374 g/mol. The van der Waals surface area contributed by atoms with E-state index in [1.54, 1.807) is 24.5 Å². The molecule has 0 bridgehead atoms. The van der Waals surface area contributed by atoms with Crippen molar-refractivity contribution in [2.24, 2.45) is 5.10 Å². The number of aromatic hydroxyl groups is 1. The van der Waals surface area contributed by atoms with E-state index in [2.05, 4.69) is 37.6 Å². The third kappa shape index (κ3) is 3.48. The van der Waals surface area contributed by atoms with Gasteiger partial charge in [-0.3, -0.25) is 5.43 Å². The molecule has 0 spiro atoms. The molecule has 2 aromatic heterocycles. The van der Waals surface area contributed by atoms with Gasteiger partial charge in [0.25, 0.3) is 0 Å². The van der Waals surface area contributed by atoms with E-state index in [0.717, 1.165) is 5.56 Å². The molecule has 0 atom stereocenters. The van der Waals surface area contributed by atoms with E-state index < -0.39 is 0 Å². The molecule has 2 heterocycles. The number of hydrazone groups is 1. The molecule has 0 saturated heterocycles. The molecular formula is C20H18N6O2. The Bertz CT molecular complexity index is 1120. The molecule has 0 aliphatic rings. The zero-order chi connectivity index (χ0) is 19.3. The van der Waals surface area contributed by atoms with Crippen molar-refractivity contribution in [1.82, 2.24) is 19.5 Å². The van der Waals surface area contributed by atoms with Crippen LogP contribution in [-0.2, 0) is 6.54 Å². The van der Waals surface area contributed by atoms with Gasteiger partial charge in [0.2, 0.25) is 0 Å². The third-order valence-corrected chi connectivity index (χ3v) is 4.22. The second-order valence-corrected chi connectivity index (χ2v) is 6.02. The molecule has 2 aromatic carbocycles. The lowest BCUT2D eigenvalue weighted by molar-refractivity contribution is 0.373. The SMILES string of the molecule is COc1cccc(/C=N/Nc2ncnc3c2ncn3Cc2ccccc2)c1O. The van der Waals surface area contributed by atoms with Crippen molar-refractivity contribution in [2.45, 2.75) is 6.54 Å². The van der Waals surface area contributed by atoms with Gasteiger partial charge in [-0.05, 0) is 17.7 Å². The van der Waals surface area contributed by atoms with Crippen molar-refractivity contribution < 1.29 is 9.84 Å². The number of benzene rings is 2. The molecule has 0 unspecified atom stereocenters. The van der Waals surface area contributed by atoms with Crippen LogP contribution in [0.5, 0.6) is 11.5 Å². The molecule has 0 radical (unpaired) electrons. The number of nitrogens with one attached hydrogen (secondary N) is 1. The number of imidazole rings is 1. The summed E-state index contributed by atoms with van der Waals surface area (Å²) in [5.41, 5.74) is 5.87.